The molecule has 1 aromatic carbocycles. The maximum absolute atomic E-state index is 4.59. The van der Waals surface area contributed by atoms with E-state index in [1.807, 2.05) is 6.07 Å². The molecule has 5 heteroatoms. The van der Waals surface area contributed by atoms with E-state index < -0.39 is 0 Å². The van der Waals surface area contributed by atoms with Crippen LogP contribution in [-0.4, -0.2) is 23.2 Å². The monoisotopic (exact) mass is 249 g/mol. The van der Waals surface area contributed by atoms with E-state index >= 15 is 0 Å². The van der Waals surface area contributed by atoms with Crippen molar-refractivity contribution < 1.29 is 0 Å². The van der Waals surface area contributed by atoms with Gasteiger partial charge in [0.25, 0.3) is 0 Å². The summed E-state index contributed by atoms with van der Waals surface area (Å²) < 4.78 is 1.26. The van der Waals surface area contributed by atoms with Gasteiger partial charge in [0, 0.05) is 6.54 Å². The molecule has 82 valence electrons. The lowest BCUT2D eigenvalue weighted by Crippen LogP contribution is -2.14. The van der Waals surface area contributed by atoms with Gasteiger partial charge in [-0.15, -0.1) is 11.3 Å². The van der Waals surface area contributed by atoms with Crippen molar-refractivity contribution in [2.24, 2.45) is 4.99 Å². The van der Waals surface area contributed by atoms with Crippen LogP contribution in [0.1, 0.15) is 5.01 Å². The molecule has 16 heavy (non-hydrogen) atoms. The van der Waals surface area contributed by atoms with Crippen LogP contribution in [0.4, 0.5) is 0 Å². The molecule has 1 aromatic heterocycles. The maximum Gasteiger partial charge on any atom is 0.157 e. The van der Waals surface area contributed by atoms with Gasteiger partial charge in [-0.3, -0.25) is 4.99 Å². The molecule has 1 N–H and O–H groups in total. The second kappa shape index (κ2) is 4.43. The largest absolute Gasteiger partial charge is 0.363 e. The van der Waals surface area contributed by atoms with E-state index in [-0.39, 0.29) is 0 Å². The standard InChI is InChI=1S/C11H11N3S2/c1-2-4-9-8(3-1)14-10(16-9)7-15-11-12-5-6-13-11/h1-4H,5-7H2,(H,12,13). The van der Waals surface area contributed by atoms with E-state index in [0.29, 0.717) is 0 Å². The van der Waals surface area contributed by atoms with Gasteiger partial charge in [0.05, 0.1) is 22.5 Å². The summed E-state index contributed by atoms with van der Waals surface area (Å²) in [6.45, 7) is 1.88. The Kier molecular flexibility index (Phi) is 2.80. The highest BCUT2D eigenvalue weighted by atomic mass is 32.2. The van der Waals surface area contributed by atoms with Gasteiger partial charge in [-0.25, -0.2) is 4.98 Å². The van der Waals surface area contributed by atoms with E-state index in [1.54, 1.807) is 23.1 Å². The molecule has 1 aliphatic heterocycles. The minimum Gasteiger partial charge on any atom is -0.363 e. The van der Waals surface area contributed by atoms with Crippen molar-refractivity contribution in [1.29, 1.82) is 0 Å². The van der Waals surface area contributed by atoms with Gasteiger partial charge in [-0.1, -0.05) is 23.9 Å². The third-order valence-corrected chi connectivity index (χ3v) is 4.50. The zero-order chi connectivity index (χ0) is 10.8. The third-order valence-electron chi connectivity index (χ3n) is 2.31. The van der Waals surface area contributed by atoms with Gasteiger partial charge in [0.15, 0.2) is 5.17 Å². The van der Waals surface area contributed by atoms with Crippen LogP contribution in [-0.2, 0) is 5.75 Å². The number of thiazole rings is 1. The normalized spacial score (nSPS) is 15.1. The molecule has 0 saturated carbocycles. The van der Waals surface area contributed by atoms with Crippen LogP contribution < -0.4 is 5.32 Å². The zero-order valence-corrected chi connectivity index (χ0v) is 10.3. The fourth-order valence-corrected chi connectivity index (χ4v) is 3.47. The van der Waals surface area contributed by atoms with Crippen LogP contribution in [0.15, 0.2) is 29.3 Å². The maximum atomic E-state index is 4.59. The number of rotatable bonds is 2. The number of aliphatic imine (C=N–C) groups is 1. The van der Waals surface area contributed by atoms with E-state index in [1.165, 1.54) is 9.71 Å². The second-order valence-electron chi connectivity index (χ2n) is 3.48. The van der Waals surface area contributed by atoms with Gasteiger partial charge < -0.3 is 5.32 Å². The topological polar surface area (TPSA) is 37.3 Å². The Morgan fingerprint density at radius 2 is 2.31 bits per heavy atom. The zero-order valence-electron chi connectivity index (χ0n) is 8.64. The highest BCUT2D eigenvalue weighted by Gasteiger charge is 2.08. The van der Waals surface area contributed by atoms with Crippen molar-refractivity contribution in [2.45, 2.75) is 5.75 Å². The lowest BCUT2D eigenvalue weighted by molar-refractivity contribution is 0.963. The van der Waals surface area contributed by atoms with Crippen molar-refractivity contribution in [3.63, 3.8) is 0 Å². The molecule has 0 radical (unpaired) electrons. The molecule has 0 aliphatic carbocycles. The second-order valence-corrected chi connectivity index (χ2v) is 5.56. The Balaban J connectivity index is 1.74. The molecule has 0 fully saturated rings. The van der Waals surface area contributed by atoms with Gasteiger partial charge in [0.2, 0.25) is 0 Å². The fourth-order valence-electron chi connectivity index (χ4n) is 1.58. The number of nitrogens with zero attached hydrogens (tertiary/aromatic N) is 2. The molecule has 0 spiro atoms. The van der Waals surface area contributed by atoms with Crippen molar-refractivity contribution in [3.8, 4) is 0 Å². The Morgan fingerprint density at radius 3 is 3.12 bits per heavy atom. The number of hydrogen-bond donors (Lipinski definition) is 1. The molecule has 3 rings (SSSR count). The Labute approximate surface area is 102 Å². The van der Waals surface area contributed by atoms with E-state index in [9.17, 15) is 0 Å². The highest BCUT2D eigenvalue weighted by Crippen LogP contribution is 2.25. The number of para-hydroxylation sites is 1. The first-order valence-electron chi connectivity index (χ1n) is 5.17. The van der Waals surface area contributed by atoms with E-state index in [0.717, 1.165) is 29.5 Å². The number of aromatic nitrogens is 1. The molecule has 0 bridgehead atoms. The minimum atomic E-state index is 0.905. The molecule has 0 saturated heterocycles. The first-order valence-corrected chi connectivity index (χ1v) is 6.97. The minimum absolute atomic E-state index is 0.905. The van der Waals surface area contributed by atoms with Crippen LogP contribution in [0, 0.1) is 0 Å². The SMILES string of the molecule is c1ccc2sc(CSC3=NCCN3)nc2c1. The lowest BCUT2D eigenvalue weighted by Gasteiger charge is -1.97. The lowest BCUT2D eigenvalue weighted by atomic mass is 10.3. The molecule has 0 amide bonds. The number of thioether (sulfide) groups is 1. The number of hydrogen-bond acceptors (Lipinski definition) is 5. The van der Waals surface area contributed by atoms with Crippen molar-refractivity contribution in [2.75, 3.05) is 13.1 Å². The average molecular weight is 249 g/mol. The number of amidine groups is 1. The van der Waals surface area contributed by atoms with Crippen molar-refractivity contribution >= 4 is 38.5 Å². The summed E-state index contributed by atoms with van der Waals surface area (Å²) in [4.78, 5) is 8.94. The number of nitrogens with one attached hydrogen (secondary N) is 1. The van der Waals surface area contributed by atoms with Crippen molar-refractivity contribution in [1.82, 2.24) is 10.3 Å². The fraction of sp³-hybridized carbons (Fsp3) is 0.273. The molecule has 2 aromatic rings. The van der Waals surface area contributed by atoms with Crippen molar-refractivity contribution in [3.05, 3.63) is 29.3 Å². The highest BCUT2D eigenvalue weighted by molar-refractivity contribution is 8.13. The summed E-state index contributed by atoms with van der Waals surface area (Å²) in [5.41, 5.74) is 1.10. The van der Waals surface area contributed by atoms with Crippen LogP contribution in [0.3, 0.4) is 0 Å². The van der Waals surface area contributed by atoms with E-state index in [2.05, 4.69) is 33.5 Å². The summed E-state index contributed by atoms with van der Waals surface area (Å²) >= 11 is 3.51. The first kappa shape index (κ1) is 10.1. The molecule has 3 nitrogen and oxygen atoms in total. The predicted molar refractivity (Wildman–Crippen MR) is 71.2 cm³/mol. The summed E-state index contributed by atoms with van der Waals surface area (Å²) in [5.74, 6) is 0.908. The summed E-state index contributed by atoms with van der Waals surface area (Å²) in [6.07, 6.45) is 0. The molecular weight excluding hydrogens is 238 g/mol. The Bertz CT molecular complexity index is 500. The Hall–Kier alpha value is -1.07. The van der Waals surface area contributed by atoms with E-state index in [4.69, 9.17) is 0 Å². The summed E-state index contributed by atoms with van der Waals surface area (Å²) in [5, 5.41) is 5.47. The van der Waals surface area contributed by atoms with Crippen LogP contribution in [0.5, 0.6) is 0 Å². The average Bonchev–Trinajstić information content (AvgIpc) is 2.95. The Morgan fingerprint density at radius 1 is 1.38 bits per heavy atom. The molecule has 1 aliphatic rings. The number of fused-ring (bicyclic) bond motifs is 1. The van der Waals surface area contributed by atoms with Gasteiger partial charge in [-0.2, -0.15) is 0 Å². The van der Waals surface area contributed by atoms with Crippen LogP contribution >= 0.6 is 23.1 Å². The third kappa shape index (κ3) is 2.05. The van der Waals surface area contributed by atoms with Gasteiger partial charge in [0.1, 0.15) is 5.01 Å². The quantitative estimate of drug-likeness (QED) is 0.888. The summed E-state index contributed by atoms with van der Waals surface area (Å²) in [7, 11) is 0. The molecular formula is C11H11N3S2. The van der Waals surface area contributed by atoms with Gasteiger partial charge in [-0.05, 0) is 12.1 Å². The van der Waals surface area contributed by atoms with Crippen LogP contribution in [0.25, 0.3) is 10.2 Å². The first-order chi connectivity index (χ1) is 7.92. The summed E-state index contributed by atoms with van der Waals surface area (Å²) in [6, 6.07) is 8.26. The smallest absolute Gasteiger partial charge is 0.157 e. The molecule has 0 unspecified atom stereocenters. The predicted octanol–water partition coefficient (Wildman–Crippen LogP) is 2.49. The van der Waals surface area contributed by atoms with Crippen LogP contribution in [0.2, 0.25) is 0 Å². The number of benzene rings is 1. The molecule has 2 heterocycles. The molecule has 0 atom stereocenters. The van der Waals surface area contributed by atoms with Gasteiger partial charge >= 0.3 is 0 Å².